The van der Waals surface area contributed by atoms with Gasteiger partial charge in [-0.15, -0.1) is 0 Å². The fraction of sp³-hybridized carbons (Fsp3) is 0.889. The zero-order valence-electron chi connectivity index (χ0n) is 7.55. The number of carbonyl (C=O) groups is 1. The Kier molecular flexibility index (Phi) is 4.09. The van der Waals surface area contributed by atoms with E-state index in [0.717, 1.165) is 25.8 Å². The molecule has 0 aromatic heterocycles. The summed E-state index contributed by atoms with van der Waals surface area (Å²) in [6.07, 6.45) is 3.76. The van der Waals surface area contributed by atoms with Crippen LogP contribution in [-0.2, 0) is 4.79 Å². The van der Waals surface area contributed by atoms with Crippen LogP contribution in [-0.4, -0.2) is 23.6 Å². The summed E-state index contributed by atoms with van der Waals surface area (Å²) < 4.78 is 0. The molecule has 3 heteroatoms. The van der Waals surface area contributed by atoms with E-state index in [-0.39, 0.29) is 5.25 Å². The van der Waals surface area contributed by atoms with Gasteiger partial charge < -0.3 is 5.32 Å². The van der Waals surface area contributed by atoms with Gasteiger partial charge >= 0.3 is 0 Å². The molecule has 0 bridgehead atoms. The van der Waals surface area contributed by atoms with Gasteiger partial charge in [-0.25, -0.2) is 0 Å². The maximum absolute atomic E-state index is 11.1. The van der Waals surface area contributed by atoms with E-state index in [4.69, 9.17) is 0 Å². The average molecular weight is 187 g/mol. The SMILES string of the molecule is CCCNC1CCC(=O)C(S)C1. The number of rotatable bonds is 3. The van der Waals surface area contributed by atoms with Crippen LogP contribution in [0.15, 0.2) is 0 Å². The molecule has 0 aromatic rings. The highest BCUT2D eigenvalue weighted by Crippen LogP contribution is 2.19. The Bertz CT molecular complexity index is 161. The Labute approximate surface area is 79.5 Å². The summed E-state index contributed by atoms with van der Waals surface area (Å²) in [5.74, 6) is 0.313. The minimum atomic E-state index is -0.0203. The third-order valence-electron chi connectivity index (χ3n) is 2.30. The molecule has 0 spiro atoms. The van der Waals surface area contributed by atoms with Gasteiger partial charge in [0.2, 0.25) is 0 Å². The van der Waals surface area contributed by atoms with E-state index in [2.05, 4.69) is 24.9 Å². The molecule has 1 rings (SSSR count). The molecule has 0 radical (unpaired) electrons. The zero-order chi connectivity index (χ0) is 8.97. The minimum Gasteiger partial charge on any atom is -0.314 e. The fourth-order valence-electron chi connectivity index (χ4n) is 1.54. The van der Waals surface area contributed by atoms with E-state index in [0.29, 0.717) is 18.2 Å². The molecule has 70 valence electrons. The van der Waals surface area contributed by atoms with Crippen LogP contribution in [0.3, 0.4) is 0 Å². The highest BCUT2D eigenvalue weighted by Gasteiger charge is 2.25. The van der Waals surface area contributed by atoms with Crippen LogP contribution in [0.2, 0.25) is 0 Å². The summed E-state index contributed by atoms with van der Waals surface area (Å²) in [5.41, 5.74) is 0. The van der Waals surface area contributed by atoms with E-state index in [1.54, 1.807) is 0 Å². The predicted octanol–water partition coefficient (Wildman–Crippen LogP) is 1.41. The van der Waals surface area contributed by atoms with Crippen LogP contribution >= 0.6 is 12.6 Å². The standard InChI is InChI=1S/C9H17NOS/c1-2-5-10-7-3-4-8(11)9(12)6-7/h7,9-10,12H,2-6H2,1H3. The van der Waals surface area contributed by atoms with Crippen molar-refractivity contribution in [2.75, 3.05) is 6.54 Å². The van der Waals surface area contributed by atoms with E-state index in [1.165, 1.54) is 0 Å². The molecule has 0 saturated heterocycles. The first-order valence-corrected chi connectivity index (χ1v) is 5.20. The molecule has 1 aliphatic rings. The summed E-state index contributed by atoms with van der Waals surface area (Å²) in [6, 6.07) is 0.519. The molecule has 12 heavy (non-hydrogen) atoms. The van der Waals surface area contributed by atoms with Gasteiger partial charge in [0, 0.05) is 12.5 Å². The topological polar surface area (TPSA) is 29.1 Å². The number of carbonyl (C=O) groups excluding carboxylic acids is 1. The normalized spacial score (nSPS) is 30.7. The van der Waals surface area contributed by atoms with Crippen LogP contribution in [0.1, 0.15) is 32.6 Å². The molecule has 1 saturated carbocycles. The van der Waals surface area contributed by atoms with Gasteiger partial charge in [0.25, 0.3) is 0 Å². The number of hydrogen-bond acceptors (Lipinski definition) is 3. The second-order valence-electron chi connectivity index (χ2n) is 3.41. The van der Waals surface area contributed by atoms with Gasteiger partial charge in [0.15, 0.2) is 0 Å². The largest absolute Gasteiger partial charge is 0.314 e. The Morgan fingerprint density at radius 3 is 3.00 bits per heavy atom. The first-order valence-electron chi connectivity index (χ1n) is 4.68. The molecule has 2 atom stereocenters. The van der Waals surface area contributed by atoms with Crippen molar-refractivity contribution in [3.63, 3.8) is 0 Å². The molecular weight excluding hydrogens is 170 g/mol. The number of ketones is 1. The summed E-state index contributed by atoms with van der Waals surface area (Å²) >= 11 is 4.25. The van der Waals surface area contributed by atoms with Crippen molar-refractivity contribution in [2.24, 2.45) is 0 Å². The molecule has 0 amide bonds. The molecule has 2 unspecified atom stereocenters. The van der Waals surface area contributed by atoms with Crippen molar-refractivity contribution >= 4 is 18.4 Å². The van der Waals surface area contributed by atoms with Crippen LogP contribution in [0, 0.1) is 0 Å². The van der Waals surface area contributed by atoms with Crippen molar-refractivity contribution in [3.8, 4) is 0 Å². The number of hydrogen-bond donors (Lipinski definition) is 2. The van der Waals surface area contributed by atoms with Crippen molar-refractivity contribution in [1.82, 2.24) is 5.32 Å². The molecule has 1 N–H and O–H groups in total. The minimum absolute atomic E-state index is 0.0203. The van der Waals surface area contributed by atoms with Crippen molar-refractivity contribution in [1.29, 1.82) is 0 Å². The number of Topliss-reactive ketones (excluding diaryl/α,β-unsaturated/α-hetero) is 1. The molecule has 0 aromatic carbocycles. The Morgan fingerprint density at radius 1 is 1.67 bits per heavy atom. The Hall–Kier alpha value is -0.0200. The van der Waals surface area contributed by atoms with Crippen LogP contribution in [0.4, 0.5) is 0 Å². The van der Waals surface area contributed by atoms with Gasteiger partial charge in [0.05, 0.1) is 5.25 Å². The monoisotopic (exact) mass is 187 g/mol. The summed E-state index contributed by atoms with van der Waals surface area (Å²) in [7, 11) is 0. The lowest BCUT2D eigenvalue weighted by atomic mass is 9.94. The smallest absolute Gasteiger partial charge is 0.145 e. The maximum Gasteiger partial charge on any atom is 0.145 e. The van der Waals surface area contributed by atoms with E-state index in [1.807, 2.05) is 0 Å². The van der Waals surface area contributed by atoms with Gasteiger partial charge in [-0.2, -0.15) is 12.6 Å². The molecule has 1 aliphatic carbocycles. The molecule has 2 nitrogen and oxygen atoms in total. The van der Waals surface area contributed by atoms with Crippen molar-refractivity contribution in [2.45, 2.75) is 43.9 Å². The number of nitrogens with one attached hydrogen (secondary N) is 1. The van der Waals surface area contributed by atoms with Gasteiger partial charge in [-0.3, -0.25) is 4.79 Å². The highest BCUT2D eigenvalue weighted by molar-refractivity contribution is 7.81. The second-order valence-corrected chi connectivity index (χ2v) is 4.03. The Morgan fingerprint density at radius 2 is 2.42 bits per heavy atom. The van der Waals surface area contributed by atoms with E-state index < -0.39 is 0 Å². The first kappa shape index (κ1) is 10.1. The van der Waals surface area contributed by atoms with E-state index >= 15 is 0 Å². The summed E-state index contributed by atoms with van der Waals surface area (Å²) in [6.45, 7) is 3.21. The van der Waals surface area contributed by atoms with E-state index in [9.17, 15) is 4.79 Å². The predicted molar refractivity (Wildman–Crippen MR) is 53.7 cm³/mol. The van der Waals surface area contributed by atoms with Crippen LogP contribution in [0.25, 0.3) is 0 Å². The molecule has 0 heterocycles. The Balaban J connectivity index is 2.25. The lowest BCUT2D eigenvalue weighted by Crippen LogP contribution is -2.38. The first-order chi connectivity index (χ1) is 5.74. The molecular formula is C9H17NOS. The third kappa shape index (κ3) is 2.79. The van der Waals surface area contributed by atoms with Gasteiger partial charge in [-0.1, -0.05) is 6.92 Å². The lowest BCUT2D eigenvalue weighted by Gasteiger charge is -2.25. The summed E-state index contributed by atoms with van der Waals surface area (Å²) in [5, 5.41) is 3.40. The quantitative estimate of drug-likeness (QED) is 0.654. The van der Waals surface area contributed by atoms with Crippen LogP contribution in [0.5, 0.6) is 0 Å². The molecule has 1 fully saturated rings. The average Bonchev–Trinajstić information content (AvgIpc) is 2.07. The maximum atomic E-state index is 11.1. The van der Waals surface area contributed by atoms with Crippen molar-refractivity contribution < 1.29 is 4.79 Å². The van der Waals surface area contributed by atoms with Gasteiger partial charge in [0.1, 0.15) is 5.78 Å². The summed E-state index contributed by atoms with van der Waals surface area (Å²) in [4.78, 5) is 11.1. The molecule has 0 aliphatic heterocycles. The van der Waals surface area contributed by atoms with Crippen LogP contribution < -0.4 is 5.32 Å². The number of thiol groups is 1. The third-order valence-corrected chi connectivity index (χ3v) is 2.80. The van der Waals surface area contributed by atoms with Crippen molar-refractivity contribution in [3.05, 3.63) is 0 Å². The van der Waals surface area contributed by atoms with Gasteiger partial charge in [-0.05, 0) is 25.8 Å². The fourth-order valence-corrected chi connectivity index (χ4v) is 1.92. The zero-order valence-corrected chi connectivity index (χ0v) is 8.44. The lowest BCUT2D eigenvalue weighted by molar-refractivity contribution is -0.120. The second kappa shape index (κ2) is 4.87. The highest BCUT2D eigenvalue weighted by atomic mass is 32.1.